The summed E-state index contributed by atoms with van der Waals surface area (Å²) in [6, 6.07) is 13.2. The minimum Gasteiger partial charge on any atom is -0.505 e. The first kappa shape index (κ1) is 16.2. The SMILES string of the molecule is CCOc1ccc(C(C)(C)c2cc(Cl)c(O)c(C#N)c2)cc1. The van der Waals surface area contributed by atoms with Crippen molar-refractivity contribution in [3.63, 3.8) is 0 Å². The summed E-state index contributed by atoms with van der Waals surface area (Å²) in [5.74, 6) is 0.652. The highest BCUT2D eigenvalue weighted by Gasteiger charge is 2.25. The van der Waals surface area contributed by atoms with Gasteiger partial charge in [-0.1, -0.05) is 37.6 Å². The molecule has 114 valence electrons. The normalized spacial score (nSPS) is 11.0. The van der Waals surface area contributed by atoms with Crippen molar-refractivity contribution in [3.8, 4) is 17.6 Å². The first-order valence-corrected chi connectivity index (χ1v) is 7.44. The average molecular weight is 316 g/mol. The number of phenolic OH excluding ortho intramolecular Hbond substituents is 1. The zero-order valence-corrected chi connectivity index (χ0v) is 13.6. The second kappa shape index (κ2) is 6.29. The number of nitriles is 1. The highest BCUT2D eigenvalue weighted by molar-refractivity contribution is 6.32. The van der Waals surface area contributed by atoms with E-state index in [0.29, 0.717) is 6.61 Å². The van der Waals surface area contributed by atoms with Gasteiger partial charge in [-0.3, -0.25) is 0 Å². The third-order valence-corrected chi connectivity index (χ3v) is 4.08. The van der Waals surface area contributed by atoms with Crippen LogP contribution >= 0.6 is 11.6 Å². The van der Waals surface area contributed by atoms with Gasteiger partial charge in [0, 0.05) is 5.41 Å². The lowest BCUT2D eigenvalue weighted by Crippen LogP contribution is -2.19. The van der Waals surface area contributed by atoms with Gasteiger partial charge < -0.3 is 9.84 Å². The summed E-state index contributed by atoms with van der Waals surface area (Å²) in [5, 5.41) is 19.1. The fourth-order valence-corrected chi connectivity index (χ4v) is 2.57. The van der Waals surface area contributed by atoms with E-state index < -0.39 is 0 Å². The summed E-state index contributed by atoms with van der Waals surface area (Å²) in [4.78, 5) is 0. The molecule has 0 aromatic heterocycles. The Morgan fingerprint density at radius 1 is 1.18 bits per heavy atom. The number of phenols is 1. The Morgan fingerprint density at radius 3 is 2.36 bits per heavy atom. The first-order chi connectivity index (χ1) is 10.4. The predicted octanol–water partition coefficient (Wildman–Crippen LogP) is 4.64. The van der Waals surface area contributed by atoms with Gasteiger partial charge in [0.2, 0.25) is 0 Å². The molecule has 0 amide bonds. The van der Waals surface area contributed by atoms with E-state index in [1.807, 2.05) is 51.1 Å². The Morgan fingerprint density at radius 2 is 1.82 bits per heavy atom. The van der Waals surface area contributed by atoms with Crippen LogP contribution in [-0.2, 0) is 5.41 Å². The average Bonchev–Trinajstić information content (AvgIpc) is 2.50. The van der Waals surface area contributed by atoms with Gasteiger partial charge in [-0.2, -0.15) is 5.26 Å². The molecule has 0 aliphatic carbocycles. The molecule has 1 N–H and O–H groups in total. The fourth-order valence-electron chi connectivity index (χ4n) is 2.35. The highest BCUT2D eigenvalue weighted by atomic mass is 35.5. The number of benzene rings is 2. The van der Waals surface area contributed by atoms with Gasteiger partial charge in [-0.05, 0) is 42.3 Å². The van der Waals surface area contributed by atoms with Gasteiger partial charge in [0.25, 0.3) is 0 Å². The summed E-state index contributed by atoms with van der Waals surface area (Å²) in [6.45, 7) is 6.67. The lowest BCUT2D eigenvalue weighted by Gasteiger charge is -2.27. The molecule has 0 saturated carbocycles. The number of ether oxygens (including phenoxy) is 1. The Kier molecular flexibility index (Phi) is 4.63. The number of rotatable bonds is 4. The maximum absolute atomic E-state index is 9.78. The van der Waals surface area contributed by atoms with Gasteiger partial charge >= 0.3 is 0 Å². The molecule has 2 aromatic rings. The molecule has 0 spiro atoms. The van der Waals surface area contributed by atoms with Gasteiger partial charge in [0.1, 0.15) is 11.8 Å². The van der Waals surface area contributed by atoms with Crippen LogP contribution in [0.25, 0.3) is 0 Å². The minimum atomic E-state index is -0.353. The lowest BCUT2D eigenvalue weighted by atomic mass is 9.77. The van der Waals surface area contributed by atoms with Crippen LogP contribution in [0, 0.1) is 11.3 Å². The monoisotopic (exact) mass is 315 g/mol. The molecule has 0 fully saturated rings. The number of aromatic hydroxyl groups is 1. The zero-order chi connectivity index (χ0) is 16.3. The third kappa shape index (κ3) is 3.03. The van der Waals surface area contributed by atoms with E-state index >= 15 is 0 Å². The molecule has 2 aromatic carbocycles. The van der Waals surface area contributed by atoms with E-state index in [4.69, 9.17) is 21.6 Å². The van der Waals surface area contributed by atoms with Gasteiger partial charge in [-0.15, -0.1) is 0 Å². The van der Waals surface area contributed by atoms with E-state index in [1.165, 1.54) is 0 Å². The van der Waals surface area contributed by atoms with Gasteiger partial charge in [0.05, 0.1) is 17.2 Å². The van der Waals surface area contributed by atoms with Crippen LogP contribution in [0.5, 0.6) is 11.5 Å². The highest BCUT2D eigenvalue weighted by Crippen LogP contribution is 2.37. The summed E-state index contributed by atoms with van der Waals surface area (Å²) < 4.78 is 5.45. The molecule has 2 rings (SSSR count). The Hall–Kier alpha value is -2.18. The van der Waals surface area contributed by atoms with Crippen molar-refractivity contribution in [1.82, 2.24) is 0 Å². The van der Waals surface area contributed by atoms with Crippen LogP contribution in [0.3, 0.4) is 0 Å². The summed E-state index contributed by atoms with van der Waals surface area (Å²) >= 11 is 6.04. The van der Waals surface area contributed by atoms with E-state index in [1.54, 1.807) is 12.1 Å². The van der Waals surface area contributed by atoms with E-state index in [2.05, 4.69) is 0 Å². The molecular formula is C18H18ClNO2. The molecule has 0 aliphatic rings. The predicted molar refractivity (Wildman–Crippen MR) is 87.6 cm³/mol. The fraction of sp³-hybridized carbons (Fsp3) is 0.278. The van der Waals surface area contributed by atoms with Crippen molar-refractivity contribution in [3.05, 3.63) is 58.1 Å². The molecule has 0 aliphatic heterocycles. The van der Waals surface area contributed by atoms with E-state index in [9.17, 15) is 5.11 Å². The first-order valence-electron chi connectivity index (χ1n) is 7.06. The Bertz CT molecular complexity index is 715. The van der Waals surface area contributed by atoms with Crippen molar-refractivity contribution in [2.24, 2.45) is 0 Å². The Labute approximate surface area is 135 Å². The van der Waals surface area contributed by atoms with Crippen LogP contribution in [0.15, 0.2) is 36.4 Å². The number of nitrogens with zero attached hydrogens (tertiary/aromatic N) is 1. The molecule has 0 unspecified atom stereocenters. The number of halogens is 1. The number of hydrogen-bond donors (Lipinski definition) is 1. The quantitative estimate of drug-likeness (QED) is 0.894. The topological polar surface area (TPSA) is 53.2 Å². The molecular weight excluding hydrogens is 298 g/mol. The molecule has 3 nitrogen and oxygen atoms in total. The van der Waals surface area contributed by atoms with Crippen molar-refractivity contribution < 1.29 is 9.84 Å². The number of hydrogen-bond acceptors (Lipinski definition) is 3. The van der Waals surface area contributed by atoms with Crippen LogP contribution in [0.4, 0.5) is 0 Å². The molecule has 0 bridgehead atoms. The van der Waals surface area contributed by atoms with Crippen molar-refractivity contribution in [2.45, 2.75) is 26.2 Å². The van der Waals surface area contributed by atoms with Crippen molar-refractivity contribution >= 4 is 11.6 Å². The zero-order valence-electron chi connectivity index (χ0n) is 12.9. The molecule has 0 radical (unpaired) electrons. The minimum absolute atomic E-state index is 0.171. The summed E-state index contributed by atoms with van der Waals surface area (Å²) in [6.07, 6.45) is 0. The Balaban J connectivity index is 2.46. The maximum Gasteiger partial charge on any atom is 0.151 e. The lowest BCUT2D eigenvalue weighted by molar-refractivity contribution is 0.340. The van der Waals surface area contributed by atoms with E-state index in [0.717, 1.165) is 16.9 Å². The second-order valence-electron chi connectivity index (χ2n) is 5.55. The molecule has 0 heterocycles. The van der Waals surface area contributed by atoms with Gasteiger partial charge in [0.15, 0.2) is 5.75 Å². The van der Waals surface area contributed by atoms with Crippen LogP contribution in [0.2, 0.25) is 5.02 Å². The second-order valence-corrected chi connectivity index (χ2v) is 5.96. The van der Waals surface area contributed by atoms with Crippen LogP contribution in [0.1, 0.15) is 37.5 Å². The van der Waals surface area contributed by atoms with Crippen LogP contribution < -0.4 is 4.74 Å². The standard InChI is InChI=1S/C18H18ClNO2/c1-4-22-15-7-5-13(6-8-15)18(2,3)14-9-12(11-20)17(21)16(19)10-14/h5-10,21H,4H2,1-3H3. The van der Waals surface area contributed by atoms with E-state index in [-0.39, 0.29) is 21.8 Å². The maximum atomic E-state index is 9.78. The molecule has 4 heteroatoms. The summed E-state index contributed by atoms with van der Waals surface area (Å²) in [7, 11) is 0. The van der Waals surface area contributed by atoms with Gasteiger partial charge in [-0.25, -0.2) is 0 Å². The molecule has 0 saturated heterocycles. The van der Waals surface area contributed by atoms with Crippen LogP contribution in [-0.4, -0.2) is 11.7 Å². The van der Waals surface area contributed by atoms with Crippen molar-refractivity contribution in [1.29, 1.82) is 5.26 Å². The molecule has 0 atom stereocenters. The van der Waals surface area contributed by atoms with Crippen molar-refractivity contribution in [2.75, 3.05) is 6.61 Å². The smallest absolute Gasteiger partial charge is 0.151 e. The summed E-state index contributed by atoms with van der Waals surface area (Å²) in [5.41, 5.74) is 1.77. The largest absolute Gasteiger partial charge is 0.505 e. The third-order valence-electron chi connectivity index (χ3n) is 3.79. The molecule has 22 heavy (non-hydrogen) atoms.